The van der Waals surface area contributed by atoms with E-state index in [1.54, 1.807) is 11.3 Å². The predicted molar refractivity (Wildman–Crippen MR) is 71.4 cm³/mol. The van der Waals surface area contributed by atoms with Crippen molar-refractivity contribution >= 4 is 16.5 Å². The maximum absolute atomic E-state index is 4.56. The molecule has 0 saturated heterocycles. The van der Waals surface area contributed by atoms with Crippen molar-refractivity contribution in [1.82, 2.24) is 4.98 Å². The molecule has 0 aliphatic rings. The summed E-state index contributed by atoms with van der Waals surface area (Å²) in [6, 6.07) is 8.57. The Hall–Kier alpha value is -1.35. The highest BCUT2D eigenvalue weighted by atomic mass is 32.1. The van der Waals surface area contributed by atoms with Gasteiger partial charge in [-0.05, 0) is 19.4 Å². The van der Waals surface area contributed by atoms with Gasteiger partial charge in [0.2, 0.25) is 0 Å². The van der Waals surface area contributed by atoms with E-state index in [1.807, 2.05) is 14.1 Å². The maximum atomic E-state index is 4.56. The molecule has 84 valence electrons. The van der Waals surface area contributed by atoms with Crippen molar-refractivity contribution < 1.29 is 0 Å². The summed E-state index contributed by atoms with van der Waals surface area (Å²) in [5.41, 5.74) is 3.67. The normalized spacial score (nSPS) is 10.5. The lowest BCUT2D eigenvalue weighted by molar-refractivity contribution is 1.09. The first-order chi connectivity index (χ1) is 7.58. The van der Waals surface area contributed by atoms with Gasteiger partial charge in [-0.25, -0.2) is 4.98 Å². The SMILES string of the molecule is Cc1cccc(-c2sc(N(C)C)nc2C)c1. The smallest absolute Gasteiger partial charge is 0.185 e. The summed E-state index contributed by atoms with van der Waals surface area (Å²) < 4.78 is 0. The van der Waals surface area contributed by atoms with E-state index in [0.29, 0.717) is 0 Å². The Morgan fingerprint density at radius 3 is 2.50 bits per heavy atom. The Morgan fingerprint density at radius 1 is 1.19 bits per heavy atom. The van der Waals surface area contributed by atoms with Gasteiger partial charge in [0.05, 0.1) is 10.6 Å². The average Bonchev–Trinajstić information content (AvgIpc) is 2.60. The molecule has 0 amide bonds. The molecule has 0 aliphatic carbocycles. The molecule has 0 unspecified atom stereocenters. The van der Waals surface area contributed by atoms with Crippen LogP contribution in [0.2, 0.25) is 0 Å². The van der Waals surface area contributed by atoms with Crippen LogP contribution in [0.1, 0.15) is 11.3 Å². The topological polar surface area (TPSA) is 16.1 Å². The Balaban J connectivity index is 2.48. The molecule has 2 rings (SSSR count). The Morgan fingerprint density at radius 2 is 1.94 bits per heavy atom. The summed E-state index contributed by atoms with van der Waals surface area (Å²) in [5.74, 6) is 0. The molecule has 0 radical (unpaired) electrons. The van der Waals surface area contributed by atoms with Crippen LogP contribution in [0.15, 0.2) is 24.3 Å². The summed E-state index contributed by atoms with van der Waals surface area (Å²) in [6.45, 7) is 4.19. The number of rotatable bonds is 2. The van der Waals surface area contributed by atoms with Crippen LogP contribution in [-0.2, 0) is 0 Å². The first-order valence-electron chi connectivity index (χ1n) is 5.29. The van der Waals surface area contributed by atoms with Crippen molar-refractivity contribution in [2.24, 2.45) is 0 Å². The third-order valence-corrected chi connectivity index (χ3v) is 3.82. The molecule has 0 fully saturated rings. The molecule has 3 heteroatoms. The highest BCUT2D eigenvalue weighted by Gasteiger charge is 2.10. The van der Waals surface area contributed by atoms with Crippen LogP contribution in [0, 0.1) is 13.8 Å². The second-order valence-electron chi connectivity index (χ2n) is 4.17. The quantitative estimate of drug-likeness (QED) is 0.788. The number of anilines is 1. The monoisotopic (exact) mass is 232 g/mol. The molecule has 0 saturated carbocycles. The molecule has 1 heterocycles. The van der Waals surface area contributed by atoms with Crippen molar-refractivity contribution in [2.75, 3.05) is 19.0 Å². The standard InChI is InChI=1S/C13H16N2S/c1-9-6-5-7-11(8-9)12-10(2)14-13(16-12)15(3)4/h5-8H,1-4H3. The van der Waals surface area contributed by atoms with Gasteiger partial charge in [-0.1, -0.05) is 41.2 Å². The molecule has 0 atom stereocenters. The second-order valence-corrected chi connectivity index (χ2v) is 5.15. The lowest BCUT2D eigenvalue weighted by Gasteiger charge is -2.05. The van der Waals surface area contributed by atoms with Gasteiger partial charge < -0.3 is 4.90 Å². The van der Waals surface area contributed by atoms with Crippen LogP contribution in [0.5, 0.6) is 0 Å². The lowest BCUT2D eigenvalue weighted by Crippen LogP contribution is -2.07. The van der Waals surface area contributed by atoms with Crippen LogP contribution < -0.4 is 4.90 Å². The Bertz CT molecular complexity index is 500. The zero-order chi connectivity index (χ0) is 11.7. The highest BCUT2D eigenvalue weighted by molar-refractivity contribution is 7.19. The number of hydrogen-bond donors (Lipinski definition) is 0. The molecule has 0 spiro atoms. The predicted octanol–water partition coefficient (Wildman–Crippen LogP) is 3.49. The van der Waals surface area contributed by atoms with Gasteiger partial charge in [-0.3, -0.25) is 0 Å². The molecule has 0 N–H and O–H groups in total. The number of thiazole rings is 1. The van der Waals surface area contributed by atoms with Gasteiger partial charge in [0.15, 0.2) is 5.13 Å². The Kier molecular flexibility index (Phi) is 2.97. The first kappa shape index (κ1) is 11.1. The summed E-state index contributed by atoms with van der Waals surface area (Å²) in [5, 5.41) is 1.06. The lowest BCUT2D eigenvalue weighted by atomic mass is 10.1. The van der Waals surface area contributed by atoms with E-state index in [1.165, 1.54) is 16.0 Å². The number of nitrogens with zero attached hydrogens (tertiary/aromatic N) is 2. The third kappa shape index (κ3) is 2.09. The van der Waals surface area contributed by atoms with Gasteiger partial charge in [-0.15, -0.1) is 0 Å². The van der Waals surface area contributed by atoms with E-state index in [4.69, 9.17) is 0 Å². The maximum Gasteiger partial charge on any atom is 0.185 e. The van der Waals surface area contributed by atoms with E-state index in [9.17, 15) is 0 Å². The van der Waals surface area contributed by atoms with Gasteiger partial charge in [-0.2, -0.15) is 0 Å². The number of hydrogen-bond acceptors (Lipinski definition) is 3. The fraction of sp³-hybridized carbons (Fsp3) is 0.308. The summed E-state index contributed by atoms with van der Waals surface area (Å²) >= 11 is 1.74. The van der Waals surface area contributed by atoms with Gasteiger partial charge >= 0.3 is 0 Å². The summed E-state index contributed by atoms with van der Waals surface area (Å²) in [6.07, 6.45) is 0. The van der Waals surface area contributed by atoms with Crippen LogP contribution in [-0.4, -0.2) is 19.1 Å². The van der Waals surface area contributed by atoms with Crippen LogP contribution in [0.4, 0.5) is 5.13 Å². The fourth-order valence-electron chi connectivity index (χ4n) is 1.63. The van der Waals surface area contributed by atoms with E-state index >= 15 is 0 Å². The highest BCUT2D eigenvalue weighted by Crippen LogP contribution is 2.33. The van der Waals surface area contributed by atoms with E-state index in [2.05, 4.69) is 48.0 Å². The third-order valence-electron chi connectivity index (χ3n) is 2.45. The summed E-state index contributed by atoms with van der Waals surface area (Å²) in [7, 11) is 4.05. The molecular weight excluding hydrogens is 216 g/mol. The minimum Gasteiger partial charge on any atom is -0.354 e. The molecular formula is C13H16N2S. The zero-order valence-corrected chi connectivity index (χ0v) is 10.9. The largest absolute Gasteiger partial charge is 0.354 e. The average molecular weight is 232 g/mol. The van der Waals surface area contributed by atoms with Crippen molar-refractivity contribution in [3.05, 3.63) is 35.5 Å². The van der Waals surface area contributed by atoms with Crippen LogP contribution in [0.3, 0.4) is 0 Å². The van der Waals surface area contributed by atoms with Crippen LogP contribution in [0.25, 0.3) is 10.4 Å². The van der Waals surface area contributed by atoms with Gasteiger partial charge in [0, 0.05) is 14.1 Å². The fourth-order valence-corrected chi connectivity index (χ4v) is 2.61. The summed E-state index contributed by atoms with van der Waals surface area (Å²) in [4.78, 5) is 7.88. The molecule has 0 bridgehead atoms. The van der Waals surface area contributed by atoms with Crippen molar-refractivity contribution in [1.29, 1.82) is 0 Å². The van der Waals surface area contributed by atoms with E-state index < -0.39 is 0 Å². The Labute approximate surface area is 101 Å². The number of aryl methyl sites for hydroxylation is 2. The number of aromatic nitrogens is 1. The van der Waals surface area contributed by atoms with Crippen molar-refractivity contribution in [2.45, 2.75) is 13.8 Å². The van der Waals surface area contributed by atoms with Crippen molar-refractivity contribution in [3.63, 3.8) is 0 Å². The molecule has 1 aromatic carbocycles. The first-order valence-corrected chi connectivity index (χ1v) is 6.11. The molecule has 0 aliphatic heterocycles. The molecule has 1 aromatic heterocycles. The minimum absolute atomic E-state index is 1.06. The van der Waals surface area contributed by atoms with Crippen LogP contribution >= 0.6 is 11.3 Å². The van der Waals surface area contributed by atoms with Gasteiger partial charge in [0.25, 0.3) is 0 Å². The van der Waals surface area contributed by atoms with E-state index in [0.717, 1.165) is 10.8 Å². The molecule has 16 heavy (non-hydrogen) atoms. The van der Waals surface area contributed by atoms with Gasteiger partial charge in [0.1, 0.15) is 0 Å². The second kappa shape index (κ2) is 4.26. The minimum atomic E-state index is 1.06. The zero-order valence-electron chi connectivity index (χ0n) is 10.1. The number of benzene rings is 1. The molecule has 2 nitrogen and oxygen atoms in total. The van der Waals surface area contributed by atoms with Crippen molar-refractivity contribution in [3.8, 4) is 10.4 Å². The molecule has 2 aromatic rings. The van der Waals surface area contributed by atoms with E-state index in [-0.39, 0.29) is 0 Å².